The summed E-state index contributed by atoms with van der Waals surface area (Å²) in [6.07, 6.45) is 4.20. The molecular formula is C18H28N4OS. The molecule has 0 aromatic carbocycles. The van der Waals surface area contributed by atoms with E-state index in [2.05, 4.69) is 47.6 Å². The number of likely N-dealkylation sites (N-methyl/N-ethyl adjacent to an activating group) is 1. The van der Waals surface area contributed by atoms with E-state index in [9.17, 15) is 0 Å². The largest absolute Gasteiger partial charge is 0.444 e. The van der Waals surface area contributed by atoms with Gasteiger partial charge in [0.15, 0.2) is 0 Å². The van der Waals surface area contributed by atoms with E-state index < -0.39 is 0 Å². The maximum Gasteiger partial charge on any atom is 0.208 e. The molecule has 2 aromatic rings. The highest BCUT2D eigenvalue weighted by Crippen LogP contribution is 2.20. The van der Waals surface area contributed by atoms with Crippen LogP contribution in [0.15, 0.2) is 16.1 Å². The molecule has 1 aliphatic heterocycles. The standard InChI is InChI=1S/C18H28N4OS/c1-13(2)16-9-19-18(23-16)11-21(4)15-5-7-22(10-15)8-6-17-14(3)20-12-24-17/h9,12-13,15H,5-8,10-11H2,1-4H3/t15-/m1/s1. The Hall–Kier alpha value is -1.24. The molecule has 0 radical (unpaired) electrons. The smallest absolute Gasteiger partial charge is 0.208 e. The summed E-state index contributed by atoms with van der Waals surface area (Å²) in [5.41, 5.74) is 3.14. The minimum Gasteiger partial charge on any atom is -0.444 e. The summed E-state index contributed by atoms with van der Waals surface area (Å²) in [6.45, 7) is 10.6. The molecule has 24 heavy (non-hydrogen) atoms. The number of aromatic nitrogens is 2. The van der Waals surface area contributed by atoms with Crippen LogP contribution in [0, 0.1) is 6.92 Å². The molecule has 0 spiro atoms. The zero-order valence-corrected chi connectivity index (χ0v) is 16.0. The van der Waals surface area contributed by atoms with Crippen molar-refractivity contribution in [3.63, 3.8) is 0 Å². The van der Waals surface area contributed by atoms with Gasteiger partial charge in [0.2, 0.25) is 5.89 Å². The van der Waals surface area contributed by atoms with Crippen LogP contribution in [-0.4, -0.2) is 52.5 Å². The van der Waals surface area contributed by atoms with Crippen LogP contribution in [-0.2, 0) is 13.0 Å². The van der Waals surface area contributed by atoms with Crippen molar-refractivity contribution < 1.29 is 4.42 Å². The average Bonchev–Trinajstić information content (AvgIpc) is 3.25. The van der Waals surface area contributed by atoms with Crippen LogP contribution < -0.4 is 0 Å². The number of hydrogen-bond acceptors (Lipinski definition) is 6. The first-order valence-corrected chi connectivity index (χ1v) is 9.67. The fourth-order valence-corrected chi connectivity index (χ4v) is 3.98. The summed E-state index contributed by atoms with van der Waals surface area (Å²) < 4.78 is 5.84. The molecule has 3 heterocycles. The van der Waals surface area contributed by atoms with E-state index in [0.717, 1.165) is 37.7 Å². The summed E-state index contributed by atoms with van der Waals surface area (Å²) in [6, 6.07) is 0.585. The van der Waals surface area contributed by atoms with Gasteiger partial charge in [-0.2, -0.15) is 0 Å². The summed E-state index contributed by atoms with van der Waals surface area (Å²) in [5, 5.41) is 0. The van der Waals surface area contributed by atoms with Gasteiger partial charge >= 0.3 is 0 Å². The highest BCUT2D eigenvalue weighted by Gasteiger charge is 2.26. The Bertz CT molecular complexity index is 651. The Balaban J connectivity index is 1.46. The minimum atomic E-state index is 0.397. The first-order valence-electron chi connectivity index (χ1n) is 8.79. The highest BCUT2D eigenvalue weighted by atomic mass is 32.1. The monoisotopic (exact) mass is 348 g/mol. The zero-order chi connectivity index (χ0) is 17.1. The van der Waals surface area contributed by atoms with Crippen molar-refractivity contribution in [3.05, 3.63) is 33.9 Å². The Morgan fingerprint density at radius 2 is 2.25 bits per heavy atom. The third kappa shape index (κ3) is 4.23. The molecule has 1 fully saturated rings. The first kappa shape index (κ1) is 17.6. The lowest BCUT2D eigenvalue weighted by Crippen LogP contribution is -2.34. The van der Waals surface area contributed by atoms with Crippen molar-refractivity contribution >= 4 is 11.3 Å². The lowest BCUT2D eigenvalue weighted by atomic mass is 10.2. The van der Waals surface area contributed by atoms with Gasteiger partial charge in [0.25, 0.3) is 0 Å². The van der Waals surface area contributed by atoms with E-state index in [1.54, 1.807) is 11.3 Å². The second-order valence-electron chi connectivity index (χ2n) is 7.08. The SMILES string of the molecule is Cc1ncsc1CCN1CC[C@@H](N(C)Cc2ncc(C(C)C)o2)C1. The number of nitrogens with zero attached hydrogens (tertiary/aromatic N) is 4. The zero-order valence-electron chi connectivity index (χ0n) is 15.2. The number of likely N-dealkylation sites (tertiary alicyclic amines) is 1. The van der Waals surface area contributed by atoms with Crippen LogP contribution in [0.1, 0.15) is 48.4 Å². The Labute approximate surface area is 148 Å². The van der Waals surface area contributed by atoms with E-state index in [4.69, 9.17) is 4.42 Å². The molecule has 1 atom stereocenters. The van der Waals surface area contributed by atoms with Gasteiger partial charge in [0.05, 0.1) is 23.9 Å². The fraction of sp³-hybridized carbons (Fsp3) is 0.667. The summed E-state index contributed by atoms with van der Waals surface area (Å²) in [7, 11) is 2.18. The molecule has 0 saturated carbocycles. The molecule has 0 bridgehead atoms. The predicted molar refractivity (Wildman–Crippen MR) is 97.5 cm³/mol. The van der Waals surface area contributed by atoms with Gasteiger partial charge in [0.1, 0.15) is 5.76 Å². The normalized spacial score (nSPS) is 19.0. The minimum absolute atomic E-state index is 0.397. The Morgan fingerprint density at radius 3 is 2.92 bits per heavy atom. The molecule has 0 amide bonds. The van der Waals surface area contributed by atoms with E-state index in [1.807, 2.05) is 11.7 Å². The summed E-state index contributed by atoms with van der Waals surface area (Å²) >= 11 is 1.78. The van der Waals surface area contributed by atoms with E-state index in [1.165, 1.54) is 23.5 Å². The maximum absolute atomic E-state index is 5.84. The molecule has 3 rings (SSSR count). The Morgan fingerprint density at radius 1 is 1.42 bits per heavy atom. The van der Waals surface area contributed by atoms with Crippen LogP contribution in [0.3, 0.4) is 0 Å². The first-order chi connectivity index (χ1) is 11.5. The van der Waals surface area contributed by atoms with Crippen molar-refractivity contribution in [2.24, 2.45) is 0 Å². The van der Waals surface area contributed by atoms with Crippen LogP contribution >= 0.6 is 11.3 Å². The third-order valence-electron chi connectivity index (χ3n) is 4.90. The van der Waals surface area contributed by atoms with Crippen molar-refractivity contribution in [1.82, 2.24) is 19.8 Å². The summed E-state index contributed by atoms with van der Waals surface area (Å²) in [5.74, 6) is 2.21. The number of hydrogen-bond donors (Lipinski definition) is 0. The van der Waals surface area contributed by atoms with Gasteiger partial charge in [-0.25, -0.2) is 9.97 Å². The van der Waals surface area contributed by atoms with Crippen LogP contribution in [0.2, 0.25) is 0 Å². The van der Waals surface area contributed by atoms with E-state index in [-0.39, 0.29) is 0 Å². The van der Waals surface area contributed by atoms with Crippen LogP contribution in [0.25, 0.3) is 0 Å². The summed E-state index contributed by atoms with van der Waals surface area (Å²) in [4.78, 5) is 15.1. The molecule has 1 aliphatic rings. The van der Waals surface area contributed by atoms with Crippen molar-refractivity contribution in [3.8, 4) is 0 Å². The average molecular weight is 349 g/mol. The van der Waals surface area contributed by atoms with Gasteiger partial charge < -0.3 is 9.32 Å². The molecule has 6 heteroatoms. The molecule has 0 unspecified atom stereocenters. The quantitative estimate of drug-likeness (QED) is 0.768. The van der Waals surface area contributed by atoms with Gasteiger partial charge in [-0.05, 0) is 33.4 Å². The number of oxazole rings is 1. The lowest BCUT2D eigenvalue weighted by molar-refractivity contribution is 0.205. The maximum atomic E-state index is 5.84. The topological polar surface area (TPSA) is 45.4 Å². The lowest BCUT2D eigenvalue weighted by Gasteiger charge is -2.23. The van der Waals surface area contributed by atoms with E-state index >= 15 is 0 Å². The van der Waals surface area contributed by atoms with Gasteiger partial charge in [-0.1, -0.05) is 13.8 Å². The van der Waals surface area contributed by atoms with Gasteiger partial charge in [0, 0.05) is 29.9 Å². The molecule has 5 nitrogen and oxygen atoms in total. The molecule has 0 N–H and O–H groups in total. The van der Waals surface area contributed by atoms with Crippen molar-refractivity contribution in [2.45, 2.75) is 52.1 Å². The van der Waals surface area contributed by atoms with Gasteiger partial charge in [-0.3, -0.25) is 4.90 Å². The number of rotatable bonds is 7. The van der Waals surface area contributed by atoms with Gasteiger partial charge in [-0.15, -0.1) is 11.3 Å². The molecule has 0 aliphatic carbocycles. The second kappa shape index (κ2) is 7.76. The third-order valence-corrected chi connectivity index (χ3v) is 5.89. The fourth-order valence-electron chi connectivity index (χ4n) is 3.21. The number of thiazole rings is 1. The van der Waals surface area contributed by atoms with Crippen LogP contribution in [0.5, 0.6) is 0 Å². The molecule has 132 valence electrons. The molecule has 1 saturated heterocycles. The highest BCUT2D eigenvalue weighted by molar-refractivity contribution is 7.09. The molecular weight excluding hydrogens is 320 g/mol. The predicted octanol–water partition coefficient (Wildman–Crippen LogP) is 3.31. The van der Waals surface area contributed by atoms with Crippen molar-refractivity contribution in [2.75, 3.05) is 26.7 Å². The second-order valence-corrected chi connectivity index (χ2v) is 8.02. The Kier molecular flexibility index (Phi) is 5.69. The van der Waals surface area contributed by atoms with Crippen molar-refractivity contribution in [1.29, 1.82) is 0 Å². The number of aryl methyl sites for hydroxylation is 1. The van der Waals surface area contributed by atoms with Crippen LogP contribution in [0.4, 0.5) is 0 Å². The molecule has 2 aromatic heterocycles. The van der Waals surface area contributed by atoms with E-state index in [0.29, 0.717) is 12.0 Å².